The predicted octanol–water partition coefficient (Wildman–Crippen LogP) is 9.33. The Kier molecular flexibility index (Phi) is 22.6. The molecule has 1 aliphatic heterocycles. The van der Waals surface area contributed by atoms with E-state index in [2.05, 4.69) is 39.5 Å². The van der Waals surface area contributed by atoms with Crippen LogP contribution in [0, 0.1) is 41.5 Å². The second kappa shape index (κ2) is 28.8. The molecule has 1 aliphatic rings. The summed E-state index contributed by atoms with van der Waals surface area (Å²) in [6.45, 7) is 29.3. The van der Waals surface area contributed by atoms with E-state index in [1.807, 2.05) is 0 Å². The Morgan fingerprint density at radius 1 is 0.200 bits per heavy atom. The number of sulfonamides is 6. The first-order chi connectivity index (χ1) is 42.0. The highest BCUT2D eigenvalue weighted by atomic mass is 32.2. The van der Waals surface area contributed by atoms with E-state index in [1.54, 1.807) is 114 Å². The molecule has 6 aromatic rings. The molecule has 1 heterocycles. The molecule has 0 saturated carbocycles. The predicted molar refractivity (Wildman–Crippen MR) is 354 cm³/mol. The fourth-order valence-electron chi connectivity index (χ4n) is 9.80. The molecule has 0 radical (unpaired) electrons. The molecule has 0 atom stereocenters. The lowest BCUT2D eigenvalue weighted by Gasteiger charge is -2.32. The van der Waals surface area contributed by atoms with Gasteiger partial charge in [0.15, 0.2) is 0 Å². The minimum absolute atomic E-state index is 0.0257. The van der Waals surface area contributed by atoms with Gasteiger partial charge in [-0.3, -0.25) is 0 Å². The van der Waals surface area contributed by atoms with E-state index in [0.29, 0.717) is 0 Å². The van der Waals surface area contributed by atoms with Crippen molar-refractivity contribution in [3.05, 3.63) is 252 Å². The molecule has 0 amide bonds. The fourth-order valence-corrected chi connectivity index (χ4v) is 18.7. The van der Waals surface area contributed by atoms with Crippen molar-refractivity contribution in [2.45, 2.75) is 70.9 Å². The van der Waals surface area contributed by atoms with E-state index >= 15 is 0 Å². The van der Waals surface area contributed by atoms with Crippen LogP contribution in [-0.2, 0) is 60.1 Å². The van der Waals surface area contributed by atoms with Gasteiger partial charge in [0.2, 0.25) is 60.1 Å². The number of hydrogen-bond donors (Lipinski definition) is 0. The third-order valence-electron chi connectivity index (χ3n) is 14.8. The molecule has 0 N–H and O–H groups in total. The Hall–Kier alpha value is -6.78. The lowest BCUT2D eigenvalue weighted by atomic mass is 10.2. The molecular weight excluding hydrogens is 1260 g/mol. The van der Waals surface area contributed by atoms with Gasteiger partial charge in [-0.2, -0.15) is 25.8 Å². The number of hydrogen-bond acceptors (Lipinski definition) is 12. The van der Waals surface area contributed by atoms with Crippen molar-refractivity contribution in [2.24, 2.45) is 0 Å². The SMILES string of the molecule is C=C1CN(S(=O)(=O)c2ccc(C)cc2)CC(=C)CN(S(=O)(=O)c2ccc(C)cc2)CC(=C)CN(S(=O)(=O)c2ccc(C)cc2)CC(=C)CN(S(=O)(=O)c2ccc(C)cc2)CC(=C)CN(S(=O)(=O)c2ccc(C)cc2)CC(=C)CN(S(=O)(=O)c2ccc(C)cc2)C1. The van der Waals surface area contributed by atoms with Gasteiger partial charge in [0.05, 0.1) is 29.4 Å². The zero-order valence-electron chi connectivity index (χ0n) is 51.6. The number of rotatable bonds is 12. The van der Waals surface area contributed by atoms with Gasteiger partial charge >= 0.3 is 0 Å². The van der Waals surface area contributed by atoms with E-state index in [4.69, 9.17) is 0 Å². The van der Waals surface area contributed by atoms with Crippen LogP contribution in [0.2, 0.25) is 0 Å². The molecule has 7 rings (SSSR count). The lowest BCUT2D eigenvalue weighted by Crippen LogP contribution is -2.43. The fraction of sp³-hybridized carbons (Fsp3) is 0.273. The minimum Gasteiger partial charge on any atom is -0.207 e. The van der Waals surface area contributed by atoms with Crippen LogP contribution in [0.5, 0.6) is 0 Å². The normalized spacial score (nSPS) is 17.5. The monoisotopic (exact) mass is 1340 g/mol. The third-order valence-corrected chi connectivity index (χ3v) is 25.6. The Morgan fingerprint density at radius 3 is 0.378 bits per heavy atom. The maximum absolute atomic E-state index is 15.0. The summed E-state index contributed by atoms with van der Waals surface area (Å²) >= 11 is 0. The summed E-state index contributed by atoms with van der Waals surface area (Å²) in [5.74, 6) is 0. The number of benzene rings is 6. The smallest absolute Gasteiger partial charge is 0.207 e. The van der Waals surface area contributed by atoms with Crippen LogP contribution in [-0.4, -0.2) is 155 Å². The van der Waals surface area contributed by atoms with Crippen LogP contribution in [0.15, 0.2) is 248 Å². The molecule has 90 heavy (non-hydrogen) atoms. The van der Waals surface area contributed by atoms with E-state index in [0.717, 1.165) is 59.2 Å². The van der Waals surface area contributed by atoms with Crippen molar-refractivity contribution in [3.63, 3.8) is 0 Å². The summed E-state index contributed by atoms with van der Waals surface area (Å²) in [5, 5.41) is 0. The highest BCUT2D eigenvalue weighted by Gasteiger charge is 2.36. The summed E-state index contributed by atoms with van der Waals surface area (Å²) in [6, 6.07) is 35.9. The van der Waals surface area contributed by atoms with E-state index < -0.39 is 139 Å². The maximum atomic E-state index is 15.0. The summed E-state index contributed by atoms with van der Waals surface area (Å²) in [7, 11) is -27.3. The molecule has 0 aromatic heterocycles. The van der Waals surface area contributed by atoms with Crippen LogP contribution in [0.4, 0.5) is 0 Å². The molecule has 0 aliphatic carbocycles. The van der Waals surface area contributed by atoms with Crippen molar-refractivity contribution in [1.29, 1.82) is 0 Å². The summed E-state index contributed by atoms with van der Waals surface area (Å²) in [4.78, 5) is -0.913. The molecule has 0 spiro atoms. The molecule has 6 aromatic carbocycles. The first kappa shape index (κ1) is 70.7. The quantitative estimate of drug-likeness (QED) is 0.105. The molecule has 24 heteroatoms. The first-order valence-corrected chi connectivity index (χ1v) is 37.0. The van der Waals surface area contributed by atoms with Crippen molar-refractivity contribution in [2.75, 3.05) is 78.5 Å². The first-order valence-electron chi connectivity index (χ1n) is 28.4. The zero-order chi connectivity index (χ0) is 66.3. The van der Waals surface area contributed by atoms with Gasteiger partial charge < -0.3 is 0 Å². The number of aryl methyl sites for hydroxylation is 6. The van der Waals surface area contributed by atoms with Gasteiger partial charge in [0, 0.05) is 78.5 Å². The average Bonchev–Trinajstić information content (AvgIpc) is 0.885. The Labute approximate surface area is 534 Å². The van der Waals surface area contributed by atoms with Crippen molar-refractivity contribution < 1.29 is 50.5 Å². The third kappa shape index (κ3) is 17.4. The van der Waals surface area contributed by atoms with Crippen LogP contribution in [0.25, 0.3) is 0 Å². The second-order valence-electron chi connectivity index (χ2n) is 23.0. The standard InChI is InChI=1S/C66H78N6O12S6/c1-49-13-25-61(26-14-49)85(73,74)67-37-55(7)39-68(86(75,76)62-27-15-50(2)16-28-62)41-57(9)43-70(88(79,80)64-31-19-52(4)20-32-64)45-59(11)47-72(90(83,84)66-35-23-54(6)24-36-66)48-60(12)46-71(89(81,82)65-33-21-53(5)22-34-65)44-58(10)42-69(40-56(8)38-67)87(77,78)63-29-17-51(3)18-30-63/h13-36H,7-12,37-48H2,1-6H3. The van der Waals surface area contributed by atoms with Crippen molar-refractivity contribution >= 4 is 60.1 Å². The molecule has 18 nitrogen and oxygen atoms in total. The van der Waals surface area contributed by atoms with Crippen LogP contribution < -0.4 is 0 Å². The van der Waals surface area contributed by atoms with Gasteiger partial charge in [-0.05, 0) is 148 Å². The van der Waals surface area contributed by atoms with Gasteiger partial charge in [-0.15, -0.1) is 0 Å². The van der Waals surface area contributed by atoms with Crippen LogP contribution in [0.3, 0.4) is 0 Å². The maximum Gasteiger partial charge on any atom is 0.243 e. The van der Waals surface area contributed by atoms with Crippen LogP contribution >= 0.6 is 0 Å². The van der Waals surface area contributed by atoms with Crippen molar-refractivity contribution in [3.8, 4) is 0 Å². The highest BCUT2D eigenvalue weighted by Crippen LogP contribution is 2.29. The van der Waals surface area contributed by atoms with Crippen LogP contribution in [0.1, 0.15) is 33.4 Å². The van der Waals surface area contributed by atoms with E-state index in [-0.39, 0.29) is 62.8 Å². The Balaban J connectivity index is 1.41. The van der Waals surface area contributed by atoms with Gasteiger partial charge in [0.25, 0.3) is 0 Å². The Bertz CT molecular complexity index is 3620. The van der Waals surface area contributed by atoms with E-state index in [1.165, 1.54) is 72.8 Å². The van der Waals surface area contributed by atoms with Gasteiger partial charge in [0.1, 0.15) is 0 Å². The zero-order valence-corrected chi connectivity index (χ0v) is 56.5. The summed E-state index contributed by atoms with van der Waals surface area (Å²) in [5.41, 5.74) is 4.64. The molecule has 1 saturated heterocycles. The molecule has 1 fully saturated rings. The highest BCUT2D eigenvalue weighted by molar-refractivity contribution is 7.90. The lowest BCUT2D eigenvalue weighted by molar-refractivity contribution is 0.394. The topological polar surface area (TPSA) is 224 Å². The molecule has 0 unspecified atom stereocenters. The summed E-state index contributed by atoms with van der Waals surface area (Å²) < 4.78 is 186. The van der Waals surface area contributed by atoms with Crippen molar-refractivity contribution in [1.82, 2.24) is 25.8 Å². The minimum atomic E-state index is -4.55. The second-order valence-corrected chi connectivity index (χ2v) is 34.6. The molecular formula is C66H78N6O12S6. The Morgan fingerprint density at radius 2 is 0.289 bits per heavy atom. The summed E-state index contributed by atoms with van der Waals surface area (Å²) in [6.07, 6.45) is 0. The van der Waals surface area contributed by atoms with Gasteiger partial charge in [-0.1, -0.05) is 146 Å². The van der Waals surface area contributed by atoms with Gasteiger partial charge in [-0.25, -0.2) is 50.5 Å². The average molecular weight is 1340 g/mol. The molecule has 0 bridgehead atoms. The number of nitrogens with zero attached hydrogens (tertiary/aromatic N) is 6. The molecule has 480 valence electrons. The van der Waals surface area contributed by atoms with E-state index in [9.17, 15) is 50.5 Å². The largest absolute Gasteiger partial charge is 0.243 e.